The van der Waals surface area contributed by atoms with E-state index in [4.69, 9.17) is 5.73 Å². The zero-order valence-electron chi connectivity index (χ0n) is 7.48. The van der Waals surface area contributed by atoms with Crippen LogP contribution in [0.25, 0.3) is 0 Å². The molecule has 8 heteroatoms. The van der Waals surface area contributed by atoms with Crippen LogP contribution < -0.4 is 11.1 Å². The van der Waals surface area contributed by atoms with Crippen LogP contribution >= 0.6 is 0 Å². The van der Waals surface area contributed by atoms with Crippen molar-refractivity contribution in [3.63, 3.8) is 0 Å². The predicted molar refractivity (Wildman–Crippen MR) is 45.6 cm³/mol. The Kier molecular flexibility index (Phi) is 3.28. The quantitative estimate of drug-likeness (QED) is 0.765. The van der Waals surface area contributed by atoms with Gasteiger partial charge in [0, 0.05) is 6.54 Å². The minimum atomic E-state index is -4.29. The molecule has 0 bridgehead atoms. The van der Waals surface area contributed by atoms with Gasteiger partial charge in [-0.25, -0.2) is 9.37 Å². The molecule has 0 atom stereocenters. The van der Waals surface area contributed by atoms with Gasteiger partial charge in [0.2, 0.25) is 5.95 Å². The van der Waals surface area contributed by atoms with Crippen molar-refractivity contribution in [2.45, 2.75) is 12.6 Å². The summed E-state index contributed by atoms with van der Waals surface area (Å²) in [6, 6.07) is 0. The second-order valence-corrected chi connectivity index (χ2v) is 2.72. The van der Waals surface area contributed by atoms with E-state index in [9.17, 15) is 17.6 Å². The highest BCUT2D eigenvalue weighted by Gasteiger charge is 2.26. The first-order valence-corrected chi connectivity index (χ1v) is 3.97. The number of nitrogens with zero attached hydrogens (tertiary/aromatic N) is 2. The summed E-state index contributed by atoms with van der Waals surface area (Å²) in [4.78, 5) is 6.73. The summed E-state index contributed by atoms with van der Waals surface area (Å²) in [6.07, 6.45) is -4.57. The van der Waals surface area contributed by atoms with E-state index in [2.05, 4.69) is 15.3 Å². The molecule has 1 rings (SSSR count). The zero-order chi connectivity index (χ0) is 11.5. The van der Waals surface area contributed by atoms with E-state index in [0.717, 1.165) is 6.20 Å². The summed E-state index contributed by atoms with van der Waals surface area (Å²) >= 11 is 0. The highest BCUT2D eigenvalue weighted by Crippen LogP contribution is 2.19. The summed E-state index contributed by atoms with van der Waals surface area (Å²) in [5, 5.41) is 2.18. The molecule has 3 N–H and O–H groups in total. The molecule has 0 aromatic carbocycles. The molecule has 1 aromatic rings. The first kappa shape index (κ1) is 11.5. The Balaban J connectivity index is 2.54. The molecule has 0 fully saturated rings. The Bertz CT molecular complexity index is 338. The van der Waals surface area contributed by atoms with Crippen molar-refractivity contribution in [1.29, 1.82) is 0 Å². The highest BCUT2D eigenvalue weighted by molar-refractivity contribution is 5.38. The second kappa shape index (κ2) is 4.28. The number of nitrogens with one attached hydrogen (secondary N) is 1. The Morgan fingerprint density at radius 2 is 2.07 bits per heavy atom. The summed E-state index contributed by atoms with van der Waals surface area (Å²) in [5.41, 5.74) is 5.13. The van der Waals surface area contributed by atoms with Crippen LogP contribution in [0.4, 0.5) is 29.3 Å². The van der Waals surface area contributed by atoms with E-state index in [1.165, 1.54) is 0 Å². The Labute approximate surface area is 82.5 Å². The third-order valence-corrected chi connectivity index (χ3v) is 1.46. The lowest BCUT2D eigenvalue weighted by Crippen LogP contribution is -2.16. The van der Waals surface area contributed by atoms with Crippen molar-refractivity contribution in [2.24, 2.45) is 0 Å². The van der Waals surface area contributed by atoms with Gasteiger partial charge in [-0.15, -0.1) is 0 Å². The smallest absolute Gasteiger partial charge is 0.368 e. The molecule has 4 nitrogen and oxygen atoms in total. The maximum atomic E-state index is 12.9. The van der Waals surface area contributed by atoms with Crippen LogP contribution in [0.5, 0.6) is 0 Å². The Morgan fingerprint density at radius 1 is 1.40 bits per heavy atom. The summed E-state index contributed by atoms with van der Waals surface area (Å²) in [6.45, 7) is -0.461. The van der Waals surface area contributed by atoms with Crippen molar-refractivity contribution in [1.82, 2.24) is 9.97 Å². The standard InChI is InChI=1S/C7H8F4N4/c8-4-3-14-6(12)15-5(4)13-2-1-7(9,10)11/h3H,1-2H2,(H3,12,13,14,15). The van der Waals surface area contributed by atoms with Gasteiger partial charge in [-0.1, -0.05) is 0 Å². The van der Waals surface area contributed by atoms with Gasteiger partial charge in [0.05, 0.1) is 12.6 Å². The average molecular weight is 224 g/mol. The third-order valence-electron chi connectivity index (χ3n) is 1.46. The Morgan fingerprint density at radius 3 is 2.67 bits per heavy atom. The van der Waals surface area contributed by atoms with Crippen LogP contribution in [0.2, 0.25) is 0 Å². The molecule has 15 heavy (non-hydrogen) atoms. The van der Waals surface area contributed by atoms with Gasteiger partial charge in [0.1, 0.15) is 0 Å². The largest absolute Gasteiger partial charge is 0.390 e. The van der Waals surface area contributed by atoms with Gasteiger partial charge in [0.25, 0.3) is 0 Å². The van der Waals surface area contributed by atoms with Crippen molar-refractivity contribution in [2.75, 3.05) is 17.6 Å². The molecule has 0 aliphatic heterocycles. The molecule has 0 spiro atoms. The van der Waals surface area contributed by atoms with Crippen LogP contribution in [0, 0.1) is 5.82 Å². The van der Waals surface area contributed by atoms with Gasteiger partial charge >= 0.3 is 6.18 Å². The fraction of sp³-hybridized carbons (Fsp3) is 0.429. The number of halogens is 4. The predicted octanol–water partition coefficient (Wildman–Crippen LogP) is 1.56. The van der Waals surface area contributed by atoms with E-state index in [1.807, 2.05) is 0 Å². The molecule has 0 aliphatic rings. The summed E-state index contributed by atoms with van der Waals surface area (Å²) < 4.78 is 48.1. The van der Waals surface area contributed by atoms with Crippen molar-refractivity contribution < 1.29 is 17.6 Å². The lowest BCUT2D eigenvalue weighted by atomic mass is 10.4. The van der Waals surface area contributed by atoms with E-state index >= 15 is 0 Å². The lowest BCUT2D eigenvalue weighted by molar-refractivity contribution is -0.131. The first-order chi connectivity index (χ1) is 6.88. The molecule has 0 unspecified atom stereocenters. The summed E-state index contributed by atoms with van der Waals surface area (Å²) in [7, 11) is 0. The number of hydrogen-bond acceptors (Lipinski definition) is 4. The zero-order valence-corrected chi connectivity index (χ0v) is 7.48. The van der Waals surface area contributed by atoms with Crippen molar-refractivity contribution in [3.8, 4) is 0 Å². The molecule has 0 saturated heterocycles. The molecule has 0 radical (unpaired) electrons. The number of hydrogen-bond donors (Lipinski definition) is 2. The second-order valence-electron chi connectivity index (χ2n) is 2.72. The number of alkyl halides is 3. The van der Waals surface area contributed by atoms with Gasteiger partial charge in [-0.05, 0) is 0 Å². The molecule has 0 saturated carbocycles. The first-order valence-electron chi connectivity index (χ1n) is 3.97. The monoisotopic (exact) mass is 224 g/mol. The number of aromatic nitrogens is 2. The maximum absolute atomic E-state index is 12.9. The van der Waals surface area contributed by atoms with Gasteiger partial charge < -0.3 is 11.1 Å². The molecular weight excluding hydrogens is 216 g/mol. The molecule has 1 aromatic heterocycles. The van der Waals surface area contributed by atoms with Crippen LogP contribution in [-0.2, 0) is 0 Å². The fourth-order valence-corrected chi connectivity index (χ4v) is 0.827. The van der Waals surface area contributed by atoms with Crippen LogP contribution in [0.1, 0.15) is 6.42 Å². The van der Waals surface area contributed by atoms with Crippen LogP contribution in [0.3, 0.4) is 0 Å². The normalized spacial score (nSPS) is 11.5. The lowest BCUT2D eigenvalue weighted by Gasteiger charge is -2.08. The van der Waals surface area contributed by atoms with E-state index in [0.29, 0.717) is 0 Å². The number of nitrogens with two attached hydrogens (primary N) is 1. The molecule has 84 valence electrons. The maximum Gasteiger partial charge on any atom is 0.390 e. The van der Waals surface area contributed by atoms with Gasteiger partial charge in [0.15, 0.2) is 11.6 Å². The van der Waals surface area contributed by atoms with Crippen LogP contribution in [-0.4, -0.2) is 22.7 Å². The molecule has 1 heterocycles. The van der Waals surface area contributed by atoms with Crippen molar-refractivity contribution in [3.05, 3.63) is 12.0 Å². The van der Waals surface area contributed by atoms with E-state index in [1.54, 1.807) is 0 Å². The number of rotatable bonds is 3. The van der Waals surface area contributed by atoms with Gasteiger partial charge in [-0.2, -0.15) is 18.2 Å². The average Bonchev–Trinajstić information content (AvgIpc) is 2.09. The van der Waals surface area contributed by atoms with E-state index in [-0.39, 0.29) is 11.8 Å². The topological polar surface area (TPSA) is 63.8 Å². The molecule has 0 aliphatic carbocycles. The fourth-order valence-electron chi connectivity index (χ4n) is 0.827. The molecular formula is C7H8F4N4. The number of anilines is 2. The minimum absolute atomic E-state index is 0.203. The Hall–Kier alpha value is -1.60. The van der Waals surface area contributed by atoms with Crippen LogP contribution in [0.15, 0.2) is 6.20 Å². The molecule has 0 amide bonds. The number of nitrogen functional groups attached to an aromatic ring is 1. The van der Waals surface area contributed by atoms with E-state index < -0.39 is 25.0 Å². The van der Waals surface area contributed by atoms with Crippen molar-refractivity contribution >= 4 is 11.8 Å². The highest BCUT2D eigenvalue weighted by atomic mass is 19.4. The SMILES string of the molecule is Nc1ncc(F)c(NCCC(F)(F)F)n1. The summed E-state index contributed by atoms with van der Waals surface area (Å²) in [5.74, 6) is -1.37. The van der Waals surface area contributed by atoms with Gasteiger partial charge in [-0.3, -0.25) is 0 Å². The minimum Gasteiger partial charge on any atom is -0.368 e. The third kappa shape index (κ3) is 3.96.